The van der Waals surface area contributed by atoms with Gasteiger partial charge in [-0.15, -0.1) is 0 Å². The molecule has 2 atom stereocenters. The topological polar surface area (TPSA) is 43.1 Å². The Morgan fingerprint density at radius 3 is 2.60 bits per heavy atom. The van der Waals surface area contributed by atoms with Crippen LogP contribution in [-0.2, 0) is 10.8 Å². The number of nitrogens with two attached hydrogens (primary N) is 1. The standard InChI is InChI=1S/C16H18ClNOS/c1-11-6-7-15(12(2)8-11)16(18)10-20(19)14-5-3-4-13(17)9-14/h3-9,16H,10,18H2,1-2H3. The minimum atomic E-state index is -1.15. The van der Waals surface area contributed by atoms with E-state index in [-0.39, 0.29) is 6.04 Å². The molecule has 0 aliphatic rings. The van der Waals surface area contributed by atoms with E-state index < -0.39 is 10.8 Å². The average Bonchev–Trinajstić information content (AvgIpc) is 2.38. The van der Waals surface area contributed by atoms with Crippen LogP contribution in [0.25, 0.3) is 0 Å². The van der Waals surface area contributed by atoms with Crippen LogP contribution in [0.1, 0.15) is 22.7 Å². The second-order valence-electron chi connectivity index (χ2n) is 4.94. The predicted octanol–water partition coefficient (Wildman–Crippen LogP) is 3.76. The Morgan fingerprint density at radius 1 is 1.20 bits per heavy atom. The average molecular weight is 308 g/mol. The SMILES string of the molecule is Cc1ccc(C(N)CS(=O)c2cccc(Cl)c2)c(C)c1. The van der Waals surface area contributed by atoms with Crippen LogP contribution in [0.3, 0.4) is 0 Å². The monoisotopic (exact) mass is 307 g/mol. The van der Waals surface area contributed by atoms with Crippen LogP contribution in [0, 0.1) is 13.8 Å². The van der Waals surface area contributed by atoms with Gasteiger partial charge >= 0.3 is 0 Å². The summed E-state index contributed by atoms with van der Waals surface area (Å²) in [6, 6.07) is 13.0. The highest BCUT2D eigenvalue weighted by Crippen LogP contribution is 2.21. The van der Waals surface area contributed by atoms with Crippen LogP contribution in [-0.4, -0.2) is 9.96 Å². The fourth-order valence-electron chi connectivity index (χ4n) is 2.20. The predicted molar refractivity (Wildman–Crippen MR) is 85.6 cm³/mol. The van der Waals surface area contributed by atoms with E-state index in [4.69, 9.17) is 17.3 Å². The Kier molecular flexibility index (Phi) is 4.97. The third kappa shape index (κ3) is 3.69. The Labute approximate surface area is 127 Å². The maximum Gasteiger partial charge on any atom is 0.0549 e. The molecular weight excluding hydrogens is 290 g/mol. The first kappa shape index (κ1) is 15.2. The first-order valence-electron chi connectivity index (χ1n) is 6.44. The van der Waals surface area contributed by atoms with Crippen LogP contribution in [0.4, 0.5) is 0 Å². The van der Waals surface area contributed by atoms with E-state index >= 15 is 0 Å². The van der Waals surface area contributed by atoms with Gasteiger partial charge in [-0.25, -0.2) is 0 Å². The molecule has 0 spiro atoms. The maximum absolute atomic E-state index is 12.3. The largest absolute Gasteiger partial charge is 0.323 e. The molecule has 2 rings (SSSR count). The van der Waals surface area contributed by atoms with E-state index in [1.54, 1.807) is 18.2 Å². The summed E-state index contributed by atoms with van der Waals surface area (Å²) in [5.41, 5.74) is 9.59. The minimum absolute atomic E-state index is 0.240. The van der Waals surface area contributed by atoms with E-state index in [0.29, 0.717) is 10.8 Å². The van der Waals surface area contributed by atoms with Crippen molar-refractivity contribution in [1.82, 2.24) is 0 Å². The van der Waals surface area contributed by atoms with Crippen molar-refractivity contribution in [1.29, 1.82) is 0 Å². The van der Waals surface area contributed by atoms with Gasteiger partial charge in [0.15, 0.2) is 0 Å². The maximum atomic E-state index is 12.3. The lowest BCUT2D eigenvalue weighted by Gasteiger charge is -2.15. The molecule has 2 nitrogen and oxygen atoms in total. The van der Waals surface area contributed by atoms with Gasteiger partial charge in [-0.05, 0) is 43.2 Å². The smallest absolute Gasteiger partial charge is 0.0549 e. The number of hydrogen-bond acceptors (Lipinski definition) is 2. The van der Waals surface area contributed by atoms with E-state index in [9.17, 15) is 4.21 Å². The highest BCUT2D eigenvalue weighted by atomic mass is 35.5. The van der Waals surface area contributed by atoms with Crippen molar-refractivity contribution < 1.29 is 4.21 Å². The van der Waals surface area contributed by atoms with Crippen molar-refractivity contribution in [3.05, 3.63) is 64.2 Å². The molecule has 0 bridgehead atoms. The lowest BCUT2D eigenvalue weighted by atomic mass is 10.0. The molecule has 0 aliphatic heterocycles. The molecule has 2 aromatic rings. The van der Waals surface area contributed by atoms with Crippen LogP contribution in [0.2, 0.25) is 5.02 Å². The van der Waals surface area contributed by atoms with Crippen LogP contribution >= 0.6 is 11.6 Å². The first-order chi connectivity index (χ1) is 9.47. The lowest BCUT2D eigenvalue weighted by molar-refractivity contribution is 0.675. The zero-order chi connectivity index (χ0) is 14.7. The molecule has 0 fully saturated rings. The van der Waals surface area contributed by atoms with Crippen LogP contribution in [0.5, 0.6) is 0 Å². The molecule has 106 valence electrons. The van der Waals surface area contributed by atoms with Gasteiger partial charge in [-0.2, -0.15) is 0 Å². The molecule has 20 heavy (non-hydrogen) atoms. The molecule has 0 aliphatic carbocycles. The van der Waals surface area contributed by atoms with Crippen LogP contribution < -0.4 is 5.73 Å². The zero-order valence-corrected chi connectivity index (χ0v) is 13.2. The number of rotatable bonds is 4. The summed E-state index contributed by atoms with van der Waals surface area (Å²) in [5, 5.41) is 0.593. The van der Waals surface area contributed by atoms with Crippen molar-refractivity contribution in [2.75, 3.05) is 5.75 Å². The van der Waals surface area contributed by atoms with Gasteiger partial charge in [-0.1, -0.05) is 41.4 Å². The highest BCUT2D eigenvalue weighted by molar-refractivity contribution is 7.85. The van der Waals surface area contributed by atoms with E-state index in [1.807, 2.05) is 32.0 Å². The number of benzene rings is 2. The molecule has 0 saturated heterocycles. The normalized spacial score (nSPS) is 14.0. The van der Waals surface area contributed by atoms with Crippen molar-refractivity contribution in [2.45, 2.75) is 24.8 Å². The fraction of sp³-hybridized carbons (Fsp3) is 0.250. The van der Waals surface area contributed by atoms with Gasteiger partial charge in [-0.3, -0.25) is 4.21 Å². The summed E-state index contributed by atoms with van der Waals surface area (Å²) in [6.45, 7) is 4.08. The van der Waals surface area contributed by atoms with Crippen molar-refractivity contribution in [3.63, 3.8) is 0 Å². The molecule has 2 unspecified atom stereocenters. The number of aryl methyl sites for hydroxylation is 2. The van der Waals surface area contributed by atoms with Gasteiger partial charge in [0.05, 0.1) is 10.8 Å². The lowest BCUT2D eigenvalue weighted by Crippen LogP contribution is -2.19. The second-order valence-corrected chi connectivity index (χ2v) is 6.87. The molecule has 0 saturated carbocycles. The Hall–Kier alpha value is -1.16. The summed E-state index contributed by atoms with van der Waals surface area (Å²) in [5.74, 6) is 0.393. The Balaban J connectivity index is 2.15. The minimum Gasteiger partial charge on any atom is -0.323 e. The molecule has 0 heterocycles. The summed E-state index contributed by atoms with van der Waals surface area (Å²) in [7, 11) is -1.15. The molecule has 0 aromatic heterocycles. The number of hydrogen-bond donors (Lipinski definition) is 1. The second kappa shape index (κ2) is 6.53. The van der Waals surface area contributed by atoms with Gasteiger partial charge in [0.2, 0.25) is 0 Å². The van der Waals surface area contributed by atoms with Gasteiger partial charge in [0.1, 0.15) is 0 Å². The quantitative estimate of drug-likeness (QED) is 0.934. The third-order valence-electron chi connectivity index (χ3n) is 3.21. The van der Waals surface area contributed by atoms with Gasteiger partial charge in [0, 0.05) is 21.7 Å². The summed E-state index contributed by atoms with van der Waals surface area (Å²) in [6.07, 6.45) is 0. The molecule has 0 amide bonds. The summed E-state index contributed by atoms with van der Waals surface area (Å²) in [4.78, 5) is 0.720. The van der Waals surface area contributed by atoms with Gasteiger partial charge in [0.25, 0.3) is 0 Å². The zero-order valence-electron chi connectivity index (χ0n) is 11.6. The molecule has 0 radical (unpaired) electrons. The Bertz CT molecular complexity index is 642. The van der Waals surface area contributed by atoms with Crippen molar-refractivity contribution >= 4 is 22.4 Å². The summed E-state index contributed by atoms with van der Waals surface area (Å²) < 4.78 is 12.3. The van der Waals surface area contributed by atoms with Crippen molar-refractivity contribution in [2.24, 2.45) is 5.73 Å². The number of halogens is 1. The van der Waals surface area contributed by atoms with Crippen LogP contribution in [0.15, 0.2) is 47.4 Å². The molecule has 4 heteroatoms. The highest BCUT2D eigenvalue weighted by Gasteiger charge is 2.14. The molecular formula is C16H18ClNOS. The summed E-state index contributed by atoms with van der Waals surface area (Å²) >= 11 is 5.92. The van der Waals surface area contributed by atoms with Gasteiger partial charge < -0.3 is 5.73 Å². The fourth-order valence-corrected chi connectivity index (χ4v) is 3.64. The van der Waals surface area contributed by atoms with E-state index in [2.05, 4.69) is 6.07 Å². The first-order valence-corrected chi connectivity index (χ1v) is 8.14. The third-order valence-corrected chi connectivity index (χ3v) is 4.89. The Morgan fingerprint density at radius 2 is 1.95 bits per heavy atom. The molecule has 2 aromatic carbocycles. The molecule has 2 N–H and O–H groups in total. The van der Waals surface area contributed by atoms with E-state index in [0.717, 1.165) is 16.0 Å². The van der Waals surface area contributed by atoms with Crippen molar-refractivity contribution in [3.8, 4) is 0 Å². The van der Waals surface area contributed by atoms with E-state index in [1.165, 1.54) is 5.56 Å².